The summed E-state index contributed by atoms with van der Waals surface area (Å²) in [4.78, 5) is 25.0. The molecule has 44 heavy (non-hydrogen) atoms. The molecule has 0 radical (unpaired) electrons. The number of rotatable bonds is 34. The van der Waals surface area contributed by atoms with Crippen LogP contribution < -0.4 is 0 Å². The summed E-state index contributed by atoms with van der Waals surface area (Å²) in [7, 11) is 0. The van der Waals surface area contributed by atoms with Gasteiger partial charge in [-0.1, -0.05) is 160 Å². The van der Waals surface area contributed by atoms with E-state index in [9.17, 15) is 19.8 Å². The molecular formula is C39H72O5. The lowest BCUT2D eigenvalue weighted by Crippen LogP contribution is -2.40. The number of hydrogen-bond acceptors (Lipinski definition) is 5. The summed E-state index contributed by atoms with van der Waals surface area (Å²) in [6.07, 6.45) is 38.0. The van der Waals surface area contributed by atoms with Crippen LogP contribution in [-0.2, 0) is 14.3 Å². The molecule has 0 aromatic carbocycles. The molecule has 0 aromatic heterocycles. The summed E-state index contributed by atoms with van der Waals surface area (Å²) in [6, 6.07) is 0. The van der Waals surface area contributed by atoms with Crippen LogP contribution in [0.15, 0.2) is 24.3 Å². The second-order valence-corrected chi connectivity index (χ2v) is 12.8. The van der Waals surface area contributed by atoms with Crippen LogP contribution in [-0.4, -0.2) is 40.8 Å². The van der Waals surface area contributed by atoms with Crippen molar-refractivity contribution in [3.05, 3.63) is 24.3 Å². The molecule has 0 saturated heterocycles. The van der Waals surface area contributed by atoms with Crippen molar-refractivity contribution in [2.45, 2.75) is 206 Å². The minimum Gasteiger partial charge on any atom is -0.451 e. The standard InChI is InChI=1S/C39H72O5/c1-3-5-7-9-11-13-15-17-19-21-23-25-27-29-31-33-36(41)39(37(42)35-40)44-38(43)34-32-30-28-26-24-22-20-18-16-14-12-10-8-6-4-2/h11,13,17,19,37,39-40,42H,3-10,12,14-16,18,20-35H2,1-2H3/t37-,39+/m0/s1. The number of Topliss-reactive ketones (excluding diaryl/α,β-unsaturated/α-hetero) is 1. The van der Waals surface area contributed by atoms with Crippen LogP contribution in [0.25, 0.3) is 0 Å². The van der Waals surface area contributed by atoms with Crippen molar-refractivity contribution in [3.8, 4) is 0 Å². The lowest BCUT2D eigenvalue weighted by Gasteiger charge is -2.20. The van der Waals surface area contributed by atoms with Crippen molar-refractivity contribution in [2.75, 3.05) is 6.61 Å². The van der Waals surface area contributed by atoms with Gasteiger partial charge in [0.1, 0.15) is 6.10 Å². The number of allylic oxidation sites excluding steroid dienone is 4. The molecule has 0 rings (SSSR count). The molecule has 0 aromatic rings. The van der Waals surface area contributed by atoms with Crippen molar-refractivity contribution >= 4 is 11.8 Å². The zero-order chi connectivity index (χ0) is 32.4. The van der Waals surface area contributed by atoms with E-state index in [4.69, 9.17) is 4.74 Å². The number of esters is 1. The highest BCUT2D eigenvalue weighted by molar-refractivity contribution is 5.86. The largest absolute Gasteiger partial charge is 0.451 e. The molecule has 2 N–H and O–H groups in total. The highest BCUT2D eigenvalue weighted by Gasteiger charge is 2.29. The smallest absolute Gasteiger partial charge is 0.306 e. The summed E-state index contributed by atoms with van der Waals surface area (Å²) >= 11 is 0. The third-order valence-corrected chi connectivity index (χ3v) is 8.47. The van der Waals surface area contributed by atoms with Crippen LogP contribution >= 0.6 is 0 Å². The van der Waals surface area contributed by atoms with Gasteiger partial charge in [0.2, 0.25) is 0 Å². The molecular weight excluding hydrogens is 548 g/mol. The van der Waals surface area contributed by atoms with Gasteiger partial charge in [0.05, 0.1) is 6.61 Å². The summed E-state index contributed by atoms with van der Waals surface area (Å²) in [5.41, 5.74) is 0. The summed E-state index contributed by atoms with van der Waals surface area (Å²) in [6.45, 7) is 3.90. The third kappa shape index (κ3) is 29.3. The number of aliphatic hydroxyl groups excluding tert-OH is 2. The number of aliphatic hydroxyl groups is 2. The molecule has 2 atom stereocenters. The quantitative estimate of drug-likeness (QED) is 0.0425. The van der Waals surface area contributed by atoms with Gasteiger partial charge in [0.15, 0.2) is 11.9 Å². The van der Waals surface area contributed by atoms with Gasteiger partial charge >= 0.3 is 5.97 Å². The van der Waals surface area contributed by atoms with Crippen molar-refractivity contribution in [2.24, 2.45) is 0 Å². The molecule has 0 heterocycles. The van der Waals surface area contributed by atoms with E-state index in [0.29, 0.717) is 6.42 Å². The monoisotopic (exact) mass is 621 g/mol. The predicted molar refractivity (Wildman–Crippen MR) is 187 cm³/mol. The fourth-order valence-electron chi connectivity index (χ4n) is 5.55. The number of carbonyl (C=O) groups is 2. The maximum Gasteiger partial charge on any atom is 0.306 e. The van der Waals surface area contributed by atoms with Gasteiger partial charge in [-0.2, -0.15) is 0 Å². The molecule has 0 spiro atoms. The Hall–Kier alpha value is -1.46. The maximum atomic E-state index is 12.7. The molecule has 5 heteroatoms. The highest BCUT2D eigenvalue weighted by atomic mass is 16.6. The van der Waals surface area contributed by atoms with Gasteiger partial charge in [-0.15, -0.1) is 0 Å². The van der Waals surface area contributed by atoms with Crippen LogP contribution in [0, 0.1) is 0 Å². The van der Waals surface area contributed by atoms with Gasteiger partial charge in [0, 0.05) is 12.8 Å². The Morgan fingerprint density at radius 3 is 1.41 bits per heavy atom. The first kappa shape index (κ1) is 42.5. The summed E-state index contributed by atoms with van der Waals surface area (Å²) < 4.78 is 5.35. The van der Waals surface area contributed by atoms with E-state index in [-0.39, 0.29) is 18.6 Å². The number of hydrogen-bond donors (Lipinski definition) is 2. The third-order valence-electron chi connectivity index (χ3n) is 8.47. The molecule has 5 nitrogen and oxygen atoms in total. The SMILES string of the molecule is CCCCCC=CCC=CCCCCCCCC(=O)[C@@H](OC(=O)CCCCCCCCCCCCCCCCC)[C@@H](O)CO. The minimum atomic E-state index is -1.36. The van der Waals surface area contributed by atoms with Gasteiger partial charge in [-0.05, 0) is 44.9 Å². The Kier molecular flexibility index (Phi) is 33.3. The van der Waals surface area contributed by atoms with Crippen LogP contribution in [0.2, 0.25) is 0 Å². The first-order valence-corrected chi connectivity index (χ1v) is 18.9. The second-order valence-electron chi connectivity index (χ2n) is 12.8. The Balaban J connectivity index is 3.83. The summed E-state index contributed by atoms with van der Waals surface area (Å²) in [5, 5.41) is 19.5. The van der Waals surface area contributed by atoms with E-state index in [1.807, 2.05) is 0 Å². The van der Waals surface area contributed by atoms with Gasteiger partial charge < -0.3 is 14.9 Å². The lowest BCUT2D eigenvalue weighted by molar-refractivity contribution is -0.163. The van der Waals surface area contributed by atoms with Gasteiger partial charge in [0.25, 0.3) is 0 Å². The van der Waals surface area contributed by atoms with E-state index in [2.05, 4.69) is 38.2 Å². The van der Waals surface area contributed by atoms with E-state index in [1.54, 1.807) is 0 Å². The number of unbranched alkanes of at least 4 members (excludes halogenated alkanes) is 22. The van der Waals surface area contributed by atoms with Crippen molar-refractivity contribution < 1.29 is 24.5 Å². The number of ether oxygens (including phenoxy) is 1. The molecule has 258 valence electrons. The summed E-state index contributed by atoms with van der Waals surface area (Å²) in [5.74, 6) is -0.743. The highest BCUT2D eigenvalue weighted by Crippen LogP contribution is 2.16. The Labute approximate surface area is 272 Å². The zero-order valence-corrected chi connectivity index (χ0v) is 29.1. The van der Waals surface area contributed by atoms with Crippen LogP contribution in [0.5, 0.6) is 0 Å². The van der Waals surface area contributed by atoms with Gasteiger partial charge in [-0.3, -0.25) is 9.59 Å². The number of carbonyl (C=O) groups excluding carboxylic acids is 2. The van der Waals surface area contributed by atoms with Gasteiger partial charge in [-0.25, -0.2) is 0 Å². The molecule has 0 unspecified atom stereocenters. The molecule has 0 aliphatic heterocycles. The van der Waals surface area contributed by atoms with Crippen LogP contribution in [0.4, 0.5) is 0 Å². The molecule has 0 fully saturated rings. The fraction of sp³-hybridized carbons (Fsp3) is 0.846. The number of ketones is 1. The van der Waals surface area contributed by atoms with E-state index in [0.717, 1.165) is 57.8 Å². The molecule has 0 bridgehead atoms. The van der Waals surface area contributed by atoms with Crippen molar-refractivity contribution in [1.82, 2.24) is 0 Å². The molecule has 0 aliphatic rings. The van der Waals surface area contributed by atoms with E-state index >= 15 is 0 Å². The van der Waals surface area contributed by atoms with E-state index < -0.39 is 24.8 Å². The van der Waals surface area contributed by atoms with E-state index in [1.165, 1.54) is 103 Å². The molecule has 0 saturated carbocycles. The predicted octanol–water partition coefficient (Wildman–Crippen LogP) is 10.9. The second kappa shape index (κ2) is 34.4. The van der Waals surface area contributed by atoms with Crippen molar-refractivity contribution in [3.63, 3.8) is 0 Å². The first-order valence-electron chi connectivity index (χ1n) is 18.9. The molecule has 0 amide bonds. The molecule has 0 aliphatic carbocycles. The maximum absolute atomic E-state index is 12.7. The topological polar surface area (TPSA) is 83.8 Å². The Morgan fingerprint density at radius 2 is 0.932 bits per heavy atom. The van der Waals surface area contributed by atoms with Crippen LogP contribution in [0.1, 0.15) is 194 Å². The first-order chi connectivity index (χ1) is 21.6. The Morgan fingerprint density at radius 1 is 0.545 bits per heavy atom. The fourth-order valence-corrected chi connectivity index (χ4v) is 5.55. The zero-order valence-electron chi connectivity index (χ0n) is 29.1. The average Bonchev–Trinajstić information content (AvgIpc) is 3.03. The Bertz CT molecular complexity index is 686. The van der Waals surface area contributed by atoms with Crippen LogP contribution in [0.3, 0.4) is 0 Å². The lowest BCUT2D eigenvalue weighted by atomic mass is 10.0. The minimum absolute atomic E-state index is 0.254. The normalized spacial score (nSPS) is 13.2. The average molecular weight is 621 g/mol. The van der Waals surface area contributed by atoms with Crippen molar-refractivity contribution in [1.29, 1.82) is 0 Å².